The molecule has 7 heteroatoms. The van der Waals surface area contributed by atoms with Crippen LogP contribution in [0.2, 0.25) is 0 Å². The Labute approximate surface area is 151 Å². The van der Waals surface area contributed by atoms with Gasteiger partial charge in [0.05, 0.1) is 6.54 Å². The van der Waals surface area contributed by atoms with Crippen molar-refractivity contribution in [3.05, 3.63) is 56.2 Å². The first-order chi connectivity index (χ1) is 12.3. The number of aromatic nitrogens is 4. The van der Waals surface area contributed by atoms with Crippen molar-refractivity contribution in [2.45, 2.75) is 27.3 Å². The molecule has 0 aliphatic carbocycles. The number of aryl methyl sites for hydroxylation is 2. The third kappa shape index (κ3) is 3.16. The molecular weight excluding hydrogens is 330 g/mol. The molecule has 0 radical (unpaired) electrons. The number of hydrogen-bond acceptors (Lipinski definition) is 4. The van der Waals surface area contributed by atoms with Crippen LogP contribution in [0.15, 0.2) is 33.9 Å². The van der Waals surface area contributed by atoms with E-state index in [0.29, 0.717) is 29.6 Å². The van der Waals surface area contributed by atoms with Crippen LogP contribution in [-0.4, -0.2) is 25.2 Å². The molecule has 2 aromatic heterocycles. The van der Waals surface area contributed by atoms with Gasteiger partial charge in [-0.05, 0) is 18.4 Å². The number of nitrogens with zero attached hydrogens (tertiary/aromatic N) is 4. The van der Waals surface area contributed by atoms with E-state index in [9.17, 15) is 9.59 Å². The maximum Gasteiger partial charge on any atom is 0.332 e. The summed E-state index contributed by atoms with van der Waals surface area (Å²) in [4.78, 5) is 29.6. The molecule has 0 saturated heterocycles. The zero-order chi connectivity index (χ0) is 19.0. The van der Waals surface area contributed by atoms with Crippen LogP contribution in [0, 0.1) is 12.8 Å². The summed E-state index contributed by atoms with van der Waals surface area (Å²) in [6, 6.07) is 8.17. The minimum Gasteiger partial charge on any atom is -0.355 e. The Morgan fingerprint density at radius 3 is 2.35 bits per heavy atom. The highest BCUT2D eigenvalue weighted by Gasteiger charge is 2.19. The molecule has 7 nitrogen and oxygen atoms in total. The predicted molar refractivity (Wildman–Crippen MR) is 104 cm³/mol. The van der Waals surface area contributed by atoms with E-state index in [-0.39, 0.29) is 11.2 Å². The zero-order valence-electron chi connectivity index (χ0n) is 15.9. The second kappa shape index (κ2) is 6.82. The number of hydrogen-bond donors (Lipinski definition) is 1. The van der Waals surface area contributed by atoms with E-state index in [4.69, 9.17) is 0 Å². The van der Waals surface area contributed by atoms with Crippen LogP contribution in [-0.2, 0) is 20.6 Å². The predicted octanol–water partition coefficient (Wildman–Crippen LogP) is 1.86. The van der Waals surface area contributed by atoms with E-state index in [1.165, 1.54) is 17.2 Å². The molecule has 0 fully saturated rings. The SMILES string of the molecule is Cc1ccc(Cn2c(NCC(C)C)nc3c2c(=O)n(C)c(=O)n3C)cc1. The number of rotatable bonds is 5. The molecule has 1 N–H and O–H groups in total. The molecule has 0 aliphatic rings. The summed E-state index contributed by atoms with van der Waals surface area (Å²) >= 11 is 0. The van der Waals surface area contributed by atoms with Gasteiger partial charge in [0.15, 0.2) is 11.2 Å². The van der Waals surface area contributed by atoms with Gasteiger partial charge in [-0.1, -0.05) is 43.7 Å². The lowest BCUT2D eigenvalue weighted by Gasteiger charge is -2.12. The van der Waals surface area contributed by atoms with Crippen LogP contribution in [0.4, 0.5) is 5.95 Å². The largest absolute Gasteiger partial charge is 0.355 e. The van der Waals surface area contributed by atoms with Gasteiger partial charge in [-0.2, -0.15) is 4.98 Å². The van der Waals surface area contributed by atoms with E-state index < -0.39 is 0 Å². The van der Waals surface area contributed by atoms with Crippen molar-refractivity contribution < 1.29 is 0 Å². The number of nitrogens with one attached hydrogen (secondary N) is 1. The van der Waals surface area contributed by atoms with E-state index >= 15 is 0 Å². The first kappa shape index (κ1) is 18.0. The van der Waals surface area contributed by atoms with Gasteiger partial charge >= 0.3 is 5.69 Å². The molecule has 138 valence electrons. The first-order valence-electron chi connectivity index (χ1n) is 8.75. The fraction of sp³-hybridized carbons (Fsp3) is 0.421. The van der Waals surface area contributed by atoms with Gasteiger partial charge in [-0.15, -0.1) is 0 Å². The lowest BCUT2D eigenvalue weighted by atomic mass is 10.1. The van der Waals surface area contributed by atoms with Crippen LogP contribution in [0.5, 0.6) is 0 Å². The normalized spacial score (nSPS) is 11.5. The maximum atomic E-state index is 12.8. The average molecular weight is 355 g/mol. The minimum absolute atomic E-state index is 0.333. The Morgan fingerprint density at radius 1 is 1.08 bits per heavy atom. The van der Waals surface area contributed by atoms with Crippen molar-refractivity contribution in [3.8, 4) is 0 Å². The van der Waals surface area contributed by atoms with Crippen molar-refractivity contribution >= 4 is 17.1 Å². The number of fused-ring (bicyclic) bond motifs is 1. The van der Waals surface area contributed by atoms with Crippen molar-refractivity contribution in [3.63, 3.8) is 0 Å². The fourth-order valence-corrected chi connectivity index (χ4v) is 2.91. The highest BCUT2D eigenvalue weighted by molar-refractivity contribution is 5.74. The third-order valence-corrected chi connectivity index (χ3v) is 4.48. The van der Waals surface area contributed by atoms with Crippen molar-refractivity contribution in [2.75, 3.05) is 11.9 Å². The molecule has 0 unspecified atom stereocenters. The third-order valence-electron chi connectivity index (χ3n) is 4.48. The lowest BCUT2D eigenvalue weighted by molar-refractivity contribution is 0.677. The van der Waals surface area contributed by atoms with Crippen molar-refractivity contribution in [1.82, 2.24) is 18.7 Å². The van der Waals surface area contributed by atoms with Crippen LogP contribution < -0.4 is 16.6 Å². The topological polar surface area (TPSA) is 73.8 Å². The van der Waals surface area contributed by atoms with Gasteiger partial charge in [0.25, 0.3) is 5.56 Å². The van der Waals surface area contributed by atoms with E-state index in [1.54, 1.807) is 7.05 Å². The molecule has 2 heterocycles. The Morgan fingerprint density at radius 2 is 1.73 bits per heavy atom. The molecule has 0 spiro atoms. The zero-order valence-corrected chi connectivity index (χ0v) is 15.9. The van der Waals surface area contributed by atoms with Gasteiger partial charge in [0, 0.05) is 20.6 Å². The smallest absolute Gasteiger partial charge is 0.332 e. The van der Waals surface area contributed by atoms with Crippen molar-refractivity contribution in [2.24, 2.45) is 20.0 Å². The summed E-state index contributed by atoms with van der Waals surface area (Å²) in [5, 5.41) is 3.32. The monoisotopic (exact) mass is 355 g/mol. The van der Waals surface area contributed by atoms with Gasteiger partial charge in [-0.25, -0.2) is 4.79 Å². The second-order valence-electron chi connectivity index (χ2n) is 7.16. The number of imidazole rings is 1. The van der Waals surface area contributed by atoms with Crippen LogP contribution in [0.25, 0.3) is 11.2 Å². The number of benzene rings is 1. The Kier molecular flexibility index (Phi) is 4.71. The molecular formula is C19H25N5O2. The average Bonchev–Trinajstić information content (AvgIpc) is 2.96. The highest BCUT2D eigenvalue weighted by atomic mass is 16.2. The van der Waals surface area contributed by atoms with E-state index in [2.05, 4.69) is 24.1 Å². The summed E-state index contributed by atoms with van der Waals surface area (Å²) < 4.78 is 4.41. The maximum absolute atomic E-state index is 12.8. The molecule has 1 aromatic carbocycles. The lowest BCUT2D eigenvalue weighted by Crippen LogP contribution is -2.37. The van der Waals surface area contributed by atoms with E-state index in [1.807, 2.05) is 35.8 Å². The summed E-state index contributed by atoms with van der Waals surface area (Å²) in [6.07, 6.45) is 0. The quantitative estimate of drug-likeness (QED) is 0.758. The molecule has 3 rings (SSSR count). The standard InChI is InChI=1S/C19H25N5O2/c1-12(2)10-20-18-21-16-15(17(25)23(5)19(26)22(16)4)24(18)11-14-8-6-13(3)7-9-14/h6-9,12H,10-11H2,1-5H3,(H,20,21). The summed E-state index contributed by atoms with van der Waals surface area (Å²) in [6.45, 7) is 7.48. The summed E-state index contributed by atoms with van der Waals surface area (Å²) in [5.74, 6) is 1.03. The van der Waals surface area contributed by atoms with Crippen LogP contribution >= 0.6 is 0 Å². The molecule has 3 aromatic rings. The summed E-state index contributed by atoms with van der Waals surface area (Å²) in [5.41, 5.74) is 2.37. The van der Waals surface area contributed by atoms with E-state index in [0.717, 1.165) is 16.7 Å². The highest BCUT2D eigenvalue weighted by Crippen LogP contribution is 2.18. The molecule has 26 heavy (non-hydrogen) atoms. The van der Waals surface area contributed by atoms with Crippen LogP contribution in [0.3, 0.4) is 0 Å². The molecule has 0 saturated carbocycles. The molecule has 0 bridgehead atoms. The van der Waals surface area contributed by atoms with Gasteiger partial charge in [0.2, 0.25) is 5.95 Å². The Bertz CT molecular complexity index is 1050. The first-order valence-corrected chi connectivity index (χ1v) is 8.75. The molecule has 0 atom stereocenters. The minimum atomic E-state index is -0.377. The van der Waals surface area contributed by atoms with Gasteiger partial charge in [-0.3, -0.25) is 18.5 Å². The van der Waals surface area contributed by atoms with Gasteiger partial charge in [0.1, 0.15) is 0 Å². The van der Waals surface area contributed by atoms with Crippen LogP contribution in [0.1, 0.15) is 25.0 Å². The number of anilines is 1. The van der Waals surface area contributed by atoms with Gasteiger partial charge < -0.3 is 5.32 Å². The van der Waals surface area contributed by atoms with Crippen molar-refractivity contribution in [1.29, 1.82) is 0 Å². The fourth-order valence-electron chi connectivity index (χ4n) is 2.91. The molecule has 0 amide bonds. The molecule has 0 aliphatic heterocycles. The Hall–Kier alpha value is -2.83. The second-order valence-corrected chi connectivity index (χ2v) is 7.16. The Balaban J connectivity index is 2.22. The summed E-state index contributed by atoms with van der Waals surface area (Å²) in [7, 11) is 3.13.